The van der Waals surface area contributed by atoms with Gasteiger partial charge in [-0.2, -0.15) is 5.10 Å². The molecule has 0 aliphatic heterocycles. The molecule has 0 unspecified atom stereocenters. The molecule has 0 atom stereocenters. The second-order valence-corrected chi connectivity index (χ2v) is 5.49. The Morgan fingerprint density at radius 1 is 0.870 bits per heavy atom. The van der Waals surface area contributed by atoms with E-state index in [9.17, 15) is 0 Å². The SMILES string of the molecule is CN(Cc1cccc2ccccc12)/N=C/C=C/c1ccccc1. The van der Waals surface area contributed by atoms with E-state index in [0.717, 1.165) is 6.54 Å². The molecule has 23 heavy (non-hydrogen) atoms. The number of fused-ring (bicyclic) bond motifs is 1. The van der Waals surface area contributed by atoms with Crippen LogP contribution >= 0.6 is 0 Å². The highest BCUT2D eigenvalue weighted by molar-refractivity contribution is 5.85. The Kier molecular flexibility index (Phi) is 4.85. The molecular weight excluding hydrogens is 280 g/mol. The molecule has 0 spiro atoms. The van der Waals surface area contributed by atoms with Crippen LogP contribution in [0.25, 0.3) is 16.8 Å². The average molecular weight is 300 g/mol. The van der Waals surface area contributed by atoms with Gasteiger partial charge in [-0.1, -0.05) is 78.9 Å². The second-order valence-electron chi connectivity index (χ2n) is 5.49. The van der Waals surface area contributed by atoms with Gasteiger partial charge in [0.05, 0.1) is 6.54 Å². The van der Waals surface area contributed by atoms with Crippen LogP contribution in [0, 0.1) is 0 Å². The predicted octanol–water partition coefficient (Wildman–Crippen LogP) is 4.97. The molecule has 2 heteroatoms. The highest BCUT2D eigenvalue weighted by atomic mass is 15.4. The molecule has 2 nitrogen and oxygen atoms in total. The first kappa shape index (κ1) is 15.0. The maximum atomic E-state index is 4.46. The molecule has 0 aliphatic rings. The van der Waals surface area contributed by atoms with Crippen molar-refractivity contribution in [3.05, 3.63) is 90.0 Å². The van der Waals surface area contributed by atoms with Crippen LogP contribution in [0.4, 0.5) is 0 Å². The molecule has 3 aromatic carbocycles. The zero-order valence-electron chi connectivity index (χ0n) is 13.3. The van der Waals surface area contributed by atoms with Crippen molar-refractivity contribution in [1.82, 2.24) is 5.01 Å². The normalized spacial score (nSPS) is 11.5. The lowest BCUT2D eigenvalue weighted by Gasteiger charge is -2.14. The highest BCUT2D eigenvalue weighted by Crippen LogP contribution is 2.19. The van der Waals surface area contributed by atoms with Crippen LogP contribution in [0.3, 0.4) is 0 Å². The molecule has 0 radical (unpaired) electrons. The van der Waals surface area contributed by atoms with Gasteiger partial charge in [-0.05, 0) is 28.0 Å². The van der Waals surface area contributed by atoms with Crippen molar-refractivity contribution in [2.24, 2.45) is 5.10 Å². The zero-order valence-corrected chi connectivity index (χ0v) is 13.3. The molecule has 0 bridgehead atoms. The second kappa shape index (κ2) is 7.41. The van der Waals surface area contributed by atoms with Crippen LogP contribution in [-0.4, -0.2) is 18.3 Å². The first-order valence-corrected chi connectivity index (χ1v) is 7.76. The summed E-state index contributed by atoms with van der Waals surface area (Å²) in [6.45, 7) is 0.789. The van der Waals surface area contributed by atoms with Crippen LogP contribution in [0.2, 0.25) is 0 Å². The maximum absolute atomic E-state index is 4.46. The van der Waals surface area contributed by atoms with E-state index in [1.807, 2.05) is 42.5 Å². The van der Waals surface area contributed by atoms with Crippen molar-refractivity contribution in [1.29, 1.82) is 0 Å². The van der Waals surface area contributed by atoms with Gasteiger partial charge >= 0.3 is 0 Å². The summed E-state index contributed by atoms with van der Waals surface area (Å²) in [6.07, 6.45) is 5.85. The summed E-state index contributed by atoms with van der Waals surface area (Å²) in [5, 5.41) is 8.98. The molecule has 0 amide bonds. The molecule has 0 N–H and O–H groups in total. The van der Waals surface area contributed by atoms with Crippen LogP contribution in [0.5, 0.6) is 0 Å². The van der Waals surface area contributed by atoms with E-state index in [1.54, 1.807) is 0 Å². The number of benzene rings is 3. The number of rotatable bonds is 5. The van der Waals surface area contributed by atoms with Crippen LogP contribution in [0.1, 0.15) is 11.1 Å². The summed E-state index contributed by atoms with van der Waals surface area (Å²) in [4.78, 5) is 0. The highest BCUT2D eigenvalue weighted by Gasteiger charge is 2.01. The minimum atomic E-state index is 0.789. The fourth-order valence-electron chi connectivity index (χ4n) is 2.59. The van der Waals surface area contributed by atoms with Gasteiger partial charge in [-0.3, -0.25) is 5.01 Å². The molecule has 3 aromatic rings. The number of hydrogen-bond acceptors (Lipinski definition) is 2. The Bertz CT molecular complexity index is 814. The summed E-state index contributed by atoms with van der Waals surface area (Å²) in [6, 6.07) is 25.1. The Morgan fingerprint density at radius 2 is 1.61 bits per heavy atom. The third-order valence-corrected chi connectivity index (χ3v) is 3.72. The number of allylic oxidation sites excluding steroid dienone is 1. The van der Waals surface area contributed by atoms with E-state index in [0.29, 0.717) is 0 Å². The molecule has 0 heterocycles. The van der Waals surface area contributed by atoms with Crippen molar-refractivity contribution >= 4 is 23.1 Å². The van der Waals surface area contributed by atoms with Gasteiger partial charge in [0, 0.05) is 13.3 Å². The van der Waals surface area contributed by atoms with E-state index in [1.165, 1.54) is 21.9 Å². The zero-order chi connectivity index (χ0) is 15.9. The van der Waals surface area contributed by atoms with Crippen LogP contribution in [-0.2, 0) is 6.54 Å². The topological polar surface area (TPSA) is 15.6 Å². The molecule has 0 aromatic heterocycles. The largest absolute Gasteiger partial charge is 0.296 e. The molecule has 0 aliphatic carbocycles. The average Bonchev–Trinajstić information content (AvgIpc) is 2.60. The summed E-state index contributed by atoms with van der Waals surface area (Å²) >= 11 is 0. The third kappa shape index (κ3) is 4.07. The Labute approximate surface area is 137 Å². The Hall–Kier alpha value is -2.87. The van der Waals surface area contributed by atoms with Gasteiger partial charge in [0.2, 0.25) is 0 Å². The Morgan fingerprint density at radius 3 is 2.48 bits per heavy atom. The van der Waals surface area contributed by atoms with Crippen molar-refractivity contribution < 1.29 is 0 Å². The van der Waals surface area contributed by atoms with Crippen molar-refractivity contribution in [3.8, 4) is 0 Å². The van der Waals surface area contributed by atoms with E-state index in [2.05, 4.69) is 65.8 Å². The lowest BCUT2D eigenvalue weighted by molar-refractivity contribution is 0.350. The summed E-state index contributed by atoms with van der Waals surface area (Å²) in [5.41, 5.74) is 2.46. The smallest absolute Gasteiger partial charge is 0.0613 e. The number of hydrazone groups is 1. The Balaban J connectivity index is 1.66. The minimum Gasteiger partial charge on any atom is -0.296 e. The third-order valence-electron chi connectivity index (χ3n) is 3.72. The van der Waals surface area contributed by atoms with Gasteiger partial charge < -0.3 is 0 Å². The summed E-state index contributed by atoms with van der Waals surface area (Å²) in [7, 11) is 1.99. The van der Waals surface area contributed by atoms with Crippen molar-refractivity contribution in [2.45, 2.75) is 6.54 Å². The van der Waals surface area contributed by atoms with Gasteiger partial charge in [0.15, 0.2) is 0 Å². The lowest BCUT2D eigenvalue weighted by atomic mass is 10.0. The van der Waals surface area contributed by atoms with E-state index in [-0.39, 0.29) is 0 Å². The first-order valence-electron chi connectivity index (χ1n) is 7.76. The quantitative estimate of drug-likeness (QED) is 0.480. The van der Waals surface area contributed by atoms with E-state index < -0.39 is 0 Å². The van der Waals surface area contributed by atoms with Crippen molar-refractivity contribution in [2.75, 3.05) is 7.05 Å². The monoisotopic (exact) mass is 300 g/mol. The summed E-state index contributed by atoms with van der Waals surface area (Å²) in [5.74, 6) is 0. The van der Waals surface area contributed by atoms with E-state index >= 15 is 0 Å². The fraction of sp³-hybridized carbons (Fsp3) is 0.0952. The minimum absolute atomic E-state index is 0.789. The van der Waals surface area contributed by atoms with Gasteiger partial charge in [-0.25, -0.2) is 0 Å². The molecular formula is C21H20N2. The van der Waals surface area contributed by atoms with Crippen LogP contribution in [0.15, 0.2) is 84.0 Å². The summed E-state index contributed by atoms with van der Waals surface area (Å²) < 4.78 is 0. The van der Waals surface area contributed by atoms with Crippen molar-refractivity contribution in [3.63, 3.8) is 0 Å². The molecule has 3 rings (SSSR count). The first-order chi connectivity index (χ1) is 11.3. The maximum Gasteiger partial charge on any atom is 0.0613 e. The molecule has 0 saturated heterocycles. The van der Waals surface area contributed by atoms with Gasteiger partial charge in [0.1, 0.15) is 0 Å². The van der Waals surface area contributed by atoms with E-state index in [4.69, 9.17) is 0 Å². The molecule has 114 valence electrons. The number of hydrogen-bond donors (Lipinski definition) is 0. The lowest BCUT2D eigenvalue weighted by Crippen LogP contribution is -2.10. The predicted molar refractivity (Wildman–Crippen MR) is 99.4 cm³/mol. The van der Waals surface area contributed by atoms with Gasteiger partial charge in [-0.15, -0.1) is 0 Å². The molecule has 0 saturated carbocycles. The standard InChI is InChI=1S/C21H20N2/c1-23(22-16-8-11-18-9-3-2-4-10-18)17-20-14-7-13-19-12-5-6-15-21(19)20/h2-16H,17H2,1H3/b11-8+,22-16+. The number of nitrogens with zero attached hydrogens (tertiary/aromatic N) is 2. The van der Waals surface area contributed by atoms with Gasteiger partial charge in [0.25, 0.3) is 0 Å². The fourth-order valence-corrected chi connectivity index (χ4v) is 2.59. The van der Waals surface area contributed by atoms with Crippen LogP contribution < -0.4 is 0 Å². The molecule has 0 fully saturated rings.